The van der Waals surface area contributed by atoms with Crippen LogP contribution in [0, 0.1) is 11.3 Å². The van der Waals surface area contributed by atoms with Gasteiger partial charge in [0.05, 0.1) is 18.9 Å². The van der Waals surface area contributed by atoms with E-state index in [4.69, 9.17) is 10.00 Å². The number of nitrogens with zero attached hydrogens (tertiary/aromatic N) is 2. The van der Waals surface area contributed by atoms with Crippen LogP contribution in [0.2, 0.25) is 0 Å². The molecule has 0 spiro atoms. The molecule has 0 aliphatic heterocycles. The fourth-order valence-corrected chi connectivity index (χ4v) is 3.22. The van der Waals surface area contributed by atoms with Crippen molar-refractivity contribution >= 4 is 28.2 Å². The first-order valence-corrected chi connectivity index (χ1v) is 8.15. The molecule has 2 aromatic heterocycles. The smallest absolute Gasteiger partial charge is 0.349 e. The quantitative estimate of drug-likeness (QED) is 0.721. The summed E-state index contributed by atoms with van der Waals surface area (Å²) in [6.07, 6.45) is 4.70. The molecule has 116 valence electrons. The fraction of sp³-hybridized carbons (Fsp3) is 0.235. The lowest BCUT2D eigenvalue weighted by Crippen LogP contribution is -2.01. The molecule has 0 aliphatic carbocycles. The maximum Gasteiger partial charge on any atom is 0.349 e. The van der Waals surface area contributed by atoms with E-state index in [1.807, 2.05) is 24.4 Å². The number of carbonyl (C=O) groups excluding carboxylic acids is 1. The van der Waals surface area contributed by atoms with Gasteiger partial charge < -0.3 is 9.72 Å². The van der Waals surface area contributed by atoms with Gasteiger partial charge in [-0.3, -0.25) is 0 Å². The van der Waals surface area contributed by atoms with Gasteiger partial charge in [0.15, 0.2) is 0 Å². The van der Waals surface area contributed by atoms with Crippen molar-refractivity contribution in [2.45, 2.75) is 19.8 Å². The third-order valence-electron chi connectivity index (χ3n) is 3.50. The second-order valence-corrected chi connectivity index (χ2v) is 6.01. The first-order valence-electron chi connectivity index (χ1n) is 7.33. The van der Waals surface area contributed by atoms with E-state index >= 15 is 0 Å². The highest BCUT2D eigenvalue weighted by atomic mass is 32.1. The number of hydrogen-bond donors (Lipinski definition) is 1. The van der Waals surface area contributed by atoms with Crippen LogP contribution in [0.3, 0.4) is 0 Å². The molecular weight excluding hydrogens is 310 g/mol. The average molecular weight is 325 g/mol. The first kappa shape index (κ1) is 15.3. The molecule has 0 radical (unpaired) electrons. The minimum absolute atomic E-state index is 0.339. The number of thiazole rings is 1. The summed E-state index contributed by atoms with van der Waals surface area (Å²) in [4.78, 5) is 19.8. The highest BCUT2D eigenvalue weighted by molar-refractivity contribution is 7.16. The molecule has 0 aliphatic rings. The second-order valence-electron chi connectivity index (χ2n) is 4.98. The molecule has 0 atom stereocenters. The van der Waals surface area contributed by atoms with E-state index in [9.17, 15) is 4.79 Å². The van der Waals surface area contributed by atoms with Crippen LogP contribution in [0.4, 0.5) is 0 Å². The van der Waals surface area contributed by atoms with Crippen LogP contribution < -0.4 is 0 Å². The van der Waals surface area contributed by atoms with Crippen LogP contribution in [0.25, 0.3) is 21.5 Å². The van der Waals surface area contributed by atoms with Crippen LogP contribution >= 0.6 is 11.3 Å². The van der Waals surface area contributed by atoms with Crippen LogP contribution in [-0.4, -0.2) is 22.5 Å². The van der Waals surface area contributed by atoms with Crippen LogP contribution in [0.5, 0.6) is 0 Å². The van der Waals surface area contributed by atoms with Crippen molar-refractivity contribution < 1.29 is 9.53 Å². The summed E-state index contributed by atoms with van der Waals surface area (Å²) >= 11 is 1.32. The highest BCUT2D eigenvalue weighted by Crippen LogP contribution is 2.30. The molecule has 0 bridgehead atoms. The Morgan fingerprint density at radius 3 is 3.13 bits per heavy atom. The van der Waals surface area contributed by atoms with Crippen molar-refractivity contribution in [3.8, 4) is 16.6 Å². The number of aromatic amines is 1. The van der Waals surface area contributed by atoms with Gasteiger partial charge in [0.1, 0.15) is 9.88 Å². The van der Waals surface area contributed by atoms with Crippen molar-refractivity contribution in [3.63, 3.8) is 0 Å². The normalized spacial score (nSPS) is 10.6. The zero-order valence-corrected chi connectivity index (χ0v) is 13.4. The number of H-pyrrole nitrogens is 1. The Morgan fingerprint density at radius 1 is 1.48 bits per heavy atom. The minimum Gasteiger partial charge on any atom is -0.462 e. The predicted octanol–water partition coefficient (Wildman–Crippen LogP) is 3.92. The maximum absolute atomic E-state index is 11.7. The number of fused-ring (bicyclic) bond motifs is 1. The molecule has 0 fully saturated rings. The number of hydrogen-bond acceptors (Lipinski definition) is 5. The van der Waals surface area contributed by atoms with Gasteiger partial charge in [-0.15, -0.1) is 11.3 Å². The van der Waals surface area contributed by atoms with Gasteiger partial charge in [-0.2, -0.15) is 5.26 Å². The Kier molecular flexibility index (Phi) is 4.40. The van der Waals surface area contributed by atoms with Crippen molar-refractivity contribution in [2.75, 3.05) is 6.61 Å². The molecule has 23 heavy (non-hydrogen) atoms. The van der Waals surface area contributed by atoms with E-state index in [1.54, 1.807) is 13.1 Å². The largest absolute Gasteiger partial charge is 0.462 e. The van der Waals surface area contributed by atoms with Crippen LogP contribution in [0.15, 0.2) is 30.6 Å². The van der Waals surface area contributed by atoms with E-state index in [0.717, 1.165) is 27.0 Å². The van der Waals surface area contributed by atoms with Crippen molar-refractivity contribution in [2.24, 2.45) is 0 Å². The van der Waals surface area contributed by atoms with Gasteiger partial charge in [-0.05, 0) is 37.1 Å². The summed E-state index contributed by atoms with van der Waals surface area (Å²) in [6.45, 7) is 2.13. The monoisotopic (exact) mass is 325 g/mol. The number of ether oxygens (including phenoxy) is 1. The number of benzene rings is 1. The molecule has 3 aromatic rings. The molecule has 5 nitrogen and oxygen atoms in total. The summed E-state index contributed by atoms with van der Waals surface area (Å²) in [5.74, 6) is -0.339. The molecule has 2 heterocycles. The SMILES string of the molecule is CCOC(=O)c1cnc(-c2ccc3[nH]cc(CCC#N)c3c2)s1. The van der Waals surface area contributed by atoms with Gasteiger partial charge in [-0.1, -0.05) is 0 Å². The van der Waals surface area contributed by atoms with E-state index in [0.29, 0.717) is 24.3 Å². The van der Waals surface area contributed by atoms with E-state index in [-0.39, 0.29) is 5.97 Å². The topological polar surface area (TPSA) is 78.8 Å². The van der Waals surface area contributed by atoms with Crippen LogP contribution in [-0.2, 0) is 11.2 Å². The van der Waals surface area contributed by atoms with Gasteiger partial charge in [-0.25, -0.2) is 9.78 Å². The number of aromatic nitrogens is 2. The molecule has 6 heteroatoms. The van der Waals surface area contributed by atoms with Crippen molar-refractivity contribution in [1.82, 2.24) is 9.97 Å². The number of nitriles is 1. The molecule has 1 N–H and O–H groups in total. The molecule has 1 aromatic carbocycles. The van der Waals surface area contributed by atoms with Gasteiger partial charge >= 0.3 is 5.97 Å². The molecule has 0 saturated heterocycles. The lowest BCUT2D eigenvalue weighted by atomic mass is 10.1. The van der Waals surface area contributed by atoms with Gasteiger partial charge in [0.2, 0.25) is 0 Å². The number of nitrogens with one attached hydrogen (secondary N) is 1. The average Bonchev–Trinajstić information content (AvgIpc) is 3.20. The van der Waals surface area contributed by atoms with Gasteiger partial charge in [0.25, 0.3) is 0 Å². The molecular formula is C17H15N3O2S. The Hall–Kier alpha value is -2.65. The number of esters is 1. The van der Waals surface area contributed by atoms with Crippen molar-refractivity contribution in [1.29, 1.82) is 5.26 Å². The molecule has 0 amide bonds. The summed E-state index contributed by atoms with van der Waals surface area (Å²) in [5.41, 5.74) is 3.10. The lowest BCUT2D eigenvalue weighted by molar-refractivity contribution is 0.0532. The predicted molar refractivity (Wildman–Crippen MR) is 89.3 cm³/mol. The van der Waals surface area contributed by atoms with E-state index in [1.165, 1.54) is 11.3 Å². The third kappa shape index (κ3) is 3.10. The zero-order chi connectivity index (χ0) is 16.2. The number of aryl methyl sites for hydroxylation is 1. The Bertz CT molecular complexity index is 889. The maximum atomic E-state index is 11.7. The highest BCUT2D eigenvalue weighted by Gasteiger charge is 2.13. The summed E-state index contributed by atoms with van der Waals surface area (Å²) in [7, 11) is 0. The van der Waals surface area contributed by atoms with E-state index < -0.39 is 0 Å². The summed E-state index contributed by atoms with van der Waals surface area (Å²) in [5, 5.41) is 10.6. The Labute approximate surface area is 137 Å². The minimum atomic E-state index is -0.339. The second kappa shape index (κ2) is 6.63. The molecule has 0 saturated carbocycles. The number of rotatable bonds is 5. The van der Waals surface area contributed by atoms with Crippen molar-refractivity contribution in [3.05, 3.63) is 41.0 Å². The zero-order valence-electron chi connectivity index (χ0n) is 12.6. The van der Waals surface area contributed by atoms with Gasteiger partial charge in [0, 0.05) is 29.1 Å². The third-order valence-corrected chi connectivity index (χ3v) is 4.53. The lowest BCUT2D eigenvalue weighted by Gasteiger charge is -2.00. The van der Waals surface area contributed by atoms with E-state index in [2.05, 4.69) is 16.0 Å². The fourth-order valence-electron chi connectivity index (χ4n) is 2.41. The standard InChI is InChI=1S/C17H15N3O2S/c1-2-22-17(21)15-10-20-16(23-15)11-5-6-14-13(8-11)12(9-19-14)4-3-7-18/h5-6,8-10,19H,2-4H2,1H3. The van der Waals surface area contributed by atoms with Crippen LogP contribution in [0.1, 0.15) is 28.6 Å². The first-order chi connectivity index (χ1) is 11.2. The Balaban J connectivity index is 1.94. The molecule has 0 unspecified atom stereocenters. The summed E-state index contributed by atoms with van der Waals surface area (Å²) in [6, 6.07) is 8.18. The number of carbonyl (C=O) groups is 1. The summed E-state index contributed by atoms with van der Waals surface area (Å²) < 4.78 is 4.99. The Morgan fingerprint density at radius 2 is 2.35 bits per heavy atom. The molecule has 3 rings (SSSR count).